The van der Waals surface area contributed by atoms with Crippen molar-refractivity contribution < 1.29 is 9.90 Å². The normalized spacial score (nSPS) is 19.6. The number of nitrogens with one attached hydrogen (secondary N) is 1. The van der Waals surface area contributed by atoms with Crippen molar-refractivity contribution in [3.63, 3.8) is 0 Å². The average Bonchev–Trinajstić information content (AvgIpc) is 2.16. The molecule has 1 heterocycles. The first-order valence-corrected chi connectivity index (χ1v) is 5.21. The molecule has 0 aliphatic carbocycles. The standard InChI is InChI=1S/C10H10BrNO2/c11-8-1-2-9-6(4-8)3-7(5-12-9)10(13)14/h1-2,4,7,12H,3,5H2,(H,13,14)/t7-/m0/s1. The van der Waals surface area contributed by atoms with E-state index in [1.165, 1.54) is 0 Å². The third kappa shape index (κ3) is 1.75. The molecule has 3 nitrogen and oxygen atoms in total. The van der Waals surface area contributed by atoms with Crippen molar-refractivity contribution in [3.8, 4) is 0 Å². The topological polar surface area (TPSA) is 49.3 Å². The molecule has 1 aromatic carbocycles. The minimum atomic E-state index is -0.733. The number of rotatable bonds is 1. The third-order valence-corrected chi connectivity index (χ3v) is 2.92. The first-order chi connectivity index (χ1) is 6.66. The van der Waals surface area contributed by atoms with Crippen LogP contribution in [0.2, 0.25) is 0 Å². The lowest BCUT2D eigenvalue weighted by Crippen LogP contribution is -2.29. The van der Waals surface area contributed by atoms with Crippen LogP contribution in [0.1, 0.15) is 5.56 Å². The fraction of sp³-hybridized carbons (Fsp3) is 0.300. The molecule has 0 spiro atoms. The van der Waals surface area contributed by atoms with E-state index in [-0.39, 0.29) is 5.92 Å². The molecule has 1 aromatic rings. The summed E-state index contributed by atoms with van der Waals surface area (Å²) in [4.78, 5) is 10.8. The molecule has 0 amide bonds. The van der Waals surface area contributed by atoms with Gasteiger partial charge in [-0.05, 0) is 30.2 Å². The van der Waals surface area contributed by atoms with Crippen LogP contribution in [-0.2, 0) is 11.2 Å². The van der Waals surface area contributed by atoms with E-state index in [4.69, 9.17) is 5.11 Å². The summed E-state index contributed by atoms with van der Waals surface area (Å²) in [5.41, 5.74) is 2.11. The van der Waals surface area contributed by atoms with E-state index in [1.54, 1.807) is 0 Å². The second-order valence-corrected chi connectivity index (χ2v) is 4.34. The SMILES string of the molecule is O=C(O)[C@@H]1CNc2ccc(Br)cc2C1. The van der Waals surface area contributed by atoms with Crippen molar-refractivity contribution in [2.45, 2.75) is 6.42 Å². The zero-order valence-corrected chi connectivity index (χ0v) is 9.04. The summed E-state index contributed by atoms with van der Waals surface area (Å²) >= 11 is 3.37. The summed E-state index contributed by atoms with van der Waals surface area (Å²) in [5.74, 6) is -1.04. The summed E-state index contributed by atoms with van der Waals surface area (Å²) in [5, 5.41) is 12.0. The second kappa shape index (κ2) is 3.61. The fourth-order valence-corrected chi connectivity index (χ4v) is 2.06. The highest BCUT2D eigenvalue weighted by Crippen LogP contribution is 2.27. The van der Waals surface area contributed by atoms with Gasteiger partial charge in [-0.1, -0.05) is 15.9 Å². The van der Waals surface area contributed by atoms with Crippen molar-refractivity contribution in [2.75, 3.05) is 11.9 Å². The van der Waals surface area contributed by atoms with E-state index in [0.717, 1.165) is 15.7 Å². The molecular formula is C10H10BrNO2. The van der Waals surface area contributed by atoms with E-state index in [0.29, 0.717) is 13.0 Å². The molecule has 1 aliphatic heterocycles. The number of anilines is 1. The van der Waals surface area contributed by atoms with Crippen molar-refractivity contribution in [1.82, 2.24) is 0 Å². The second-order valence-electron chi connectivity index (χ2n) is 3.42. The number of halogens is 1. The molecule has 0 saturated heterocycles. The van der Waals surface area contributed by atoms with Crippen molar-refractivity contribution in [3.05, 3.63) is 28.2 Å². The smallest absolute Gasteiger partial charge is 0.308 e. The quantitative estimate of drug-likeness (QED) is 0.809. The van der Waals surface area contributed by atoms with Gasteiger partial charge in [0.05, 0.1) is 5.92 Å². The van der Waals surface area contributed by atoms with E-state index in [9.17, 15) is 4.79 Å². The number of fused-ring (bicyclic) bond motifs is 1. The maximum atomic E-state index is 10.8. The minimum absolute atomic E-state index is 0.309. The Hall–Kier alpha value is -1.03. The fourth-order valence-electron chi connectivity index (χ4n) is 1.65. The van der Waals surface area contributed by atoms with Gasteiger partial charge in [0.1, 0.15) is 0 Å². The number of aliphatic carboxylic acids is 1. The maximum Gasteiger partial charge on any atom is 0.308 e. The van der Waals surface area contributed by atoms with Crippen molar-refractivity contribution in [1.29, 1.82) is 0 Å². The van der Waals surface area contributed by atoms with Crippen molar-refractivity contribution in [2.24, 2.45) is 5.92 Å². The molecule has 0 unspecified atom stereocenters. The highest BCUT2D eigenvalue weighted by atomic mass is 79.9. The van der Waals surface area contributed by atoms with Crippen LogP contribution < -0.4 is 5.32 Å². The third-order valence-electron chi connectivity index (χ3n) is 2.42. The maximum absolute atomic E-state index is 10.8. The molecule has 1 atom stereocenters. The molecule has 0 radical (unpaired) electrons. The number of carboxylic acid groups (broad SMARTS) is 1. The molecule has 14 heavy (non-hydrogen) atoms. The summed E-state index contributed by atoms with van der Waals surface area (Å²) in [6, 6.07) is 5.89. The monoisotopic (exact) mass is 255 g/mol. The van der Waals surface area contributed by atoms with E-state index in [1.807, 2.05) is 18.2 Å². The van der Waals surface area contributed by atoms with Gasteiger partial charge in [-0.15, -0.1) is 0 Å². The van der Waals surface area contributed by atoms with Crippen LogP contribution >= 0.6 is 15.9 Å². The Morgan fingerprint density at radius 3 is 3.07 bits per heavy atom. The van der Waals surface area contributed by atoms with E-state index < -0.39 is 5.97 Å². The Morgan fingerprint density at radius 1 is 1.57 bits per heavy atom. The molecule has 0 fully saturated rings. The number of carboxylic acids is 1. The van der Waals surface area contributed by atoms with Crippen LogP contribution in [0, 0.1) is 5.92 Å². The molecule has 74 valence electrons. The molecule has 2 rings (SSSR count). The predicted molar refractivity (Wildman–Crippen MR) is 57.5 cm³/mol. The molecule has 0 aromatic heterocycles. The summed E-state index contributed by atoms with van der Waals surface area (Å²) in [7, 11) is 0. The van der Waals surface area contributed by atoms with Crippen LogP contribution in [0.3, 0.4) is 0 Å². The van der Waals surface area contributed by atoms with E-state index in [2.05, 4.69) is 21.2 Å². The van der Waals surface area contributed by atoms with Crippen LogP contribution in [0.4, 0.5) is 5.69 Å². The Bertz CT molecular complexity index is 378. The predicted octanol–water partition coefficient (Wildman–Crippen LogP) is 2.12. The van der Waals surface area contributed by atoms with Gasteiger partial charge in [0.2, 0.25) is 0 Å². The lowest BCUT2D eigenvalue weighted by Gasteiger charge is -2.23. The Labute approximate surface area is 90.3 Å². The molecule has 4 heteroatoms. The number of carbonyl (C=O) groups is 1. The van der Waals surface area contributed by atoms with Crippen molar-refractivity contribution >= 4 is 27.6 Å². The largest absolute Gasteiger partial charge is 0.481 e. The Balaban J connectivity index is 2.29. The molecule has 1 aliphatic rings. The lowest BCUT2D eigenvalue weighted by molar-refractivity contribution is -0.141. The highest BCUT2D eigenvalue weighted by molar-refractivity contribution is 9.10. The van der Waals surface area contributed by atoms with Gasteiger partial charge in [-0.3, -0.25) is 4.79 Å². The zero-order chi connectivity index (χ0) is 10.1. The molecule has 0 bridgehead atoms. The van der Waals surface area contributed by atoms with Gasteiger partial charge < -0.3 is 10.4 Å². The molecule has 2 N–H and O–H groups in total. The highest BCUT2D eigenvalue weighted by Gasteiger charge is 2.23. The van der Waals surface area contributed by atoms with Gasteiger partial charge in [0, 0.05) is 16.7 Å². The summed E-state index contributed by atoms with van der Waals surface area (Å²) in [6.07, 6.45) is 0.608. The number of benzene rings is 1. The average molecular weight is 256 g/mol. The first kappa shape index (κ1) is 9.52. The number of hydrogen-bond acceptors (Lipinski definition) is 2. The summed E-state index contributed by atoms with van der Waals surface area (Å²) < 4.78 is 0.990. The van der Waals surface area contributed by atoms with Crippen LogP contribution in [0.5, 0.6) is 0 Å². The van der Waals surface area contributed by atoms with Gasteiger partial charge in [0.25, 0.3) is 0 Å². The molecule has 0 saturated carbocycles. The lowest BCUT2D eigenvalue weighted by atomic mass is 9.94. The van der Waals surface area contributed by atoms with Crippen LogP contribution in [0.25, 0.3) is 0 Å². The van der Waals surface area contributed by atoms with Gasteiger partial charge in [-0.2, -0.15) is 0 Å². The Morgan fingerprint density at radius 2 is 2.36 bits per heavy atom. The zero-order valence-electron chi connectivity index (χ0n) is 7.46. The van der Waals surface area contributed by atoms with Gasteiger partial charge in [0.15, 0.2) is 0 Å². The minimum Gasteiger partial charge on any atom is -0.481 e. The first-order valence-electron chi connectivity index (χ1n) is 4.42. The molecular weight excluding hydrogens is 246 g/mol. The summed E-state index contributed by atoms with van der Waals surface area (Å²) in [6.45, 7) is 0.518. The number of hydrogen-bond donors (Lipinski definition) is 2. The Kier molecular flexibility index (Phi) is 2.46. The van der Waals surface area contributed by atoms with Crippen LogP contribution in [0.15, 0.2) is 22.7 Å². The van der Waals surface area contributed by atoms with Gasteiger partial charge >= 0.3 is 5.97 Å². The van der Waals surface area contributed by atoms with E-state index >= 15 is 0 Å². The van der Waals surface area contributed by atoms with Crippen LogP contribution in [-0.4, -0.2) is 17.6 Å². The van der Waals surface area contributed by atoms with Gasteiger partial charge in [-0.25, -0.2) is 0 Å².